The van der Waals surface area contributed by atoms with E-state index in [0.29, 0.717) is 0 Å². The Bertz CT molecular complexity index is 570. The number of hydrogen-bond acceptors (Lipinski definition) is 2. The Morgan fingerprint density at radius 2 is 1.70 bits per heavy atom. The lowest BCUT2D eigenvalue weighted by atomic mass is 9.48. The minimum absolute atomic E-state index is 0.156. The molecule has 0 radical (unpaired) electrons. The second-order valence-corrected chi connectivity index (χ2v) is 8.11. The van der Waals surface area contributed by atoms with Crippen LogP contribution < -0.4 is 0 Å². The third-order valence-electron chi connectivity index (χ3n) is 6.64. The number of pyridine rings is 1. The first-order chi connectivity index (χ1) is 11.1. The van der Waals surface area contributed by atoms with Gasteiger partial charge in [0.15, 0.2) is 0 Å². The third-order valence-corrected chi connectivity index (χ3v) is 6.64. The minimum atomic E-state index is 0.156. The number of nitrogens with zero attached hydrogens (tertiary/aromatic N) is 2. The molecule has 5 rings (SSSR count). The number of aromatic nitrogens is 1. The zero-order valence-electron chi connectivity index (χ0n) is 14.4. The zero-order valence-corrected chi connectivity index (χ0v) is 14.4. The molecule has 0 N–H and O–H groups in total. The van der Waals surface area contributed by atoms with Crippen molar-refractivity contribution < 1.29 is 4.79 Å². The van der Waals surface area contributed by atoms with E-state index in [2.05, 4.69) is 6.07 Å². The fourth-order valence-electron chi connectivity index (χ4n) is 5.97. The summed E-state index contributed by atoms with van der Waals surface area (Å²) in [5.74, 6) is 2.88. The summed E-state index contributed by atoms with van der Waals surface area (Å²) in [5, 5.41) is 0. The van der Waals surface area contributed by atoms with Crippen LogP contribution in [-0.2, 0) is 5.41 Å². The molecular weight excluding hydrogens is 284 g/mol. The highest BCUT2D eigenvalue weighted by molar-refractivity contribution is 5.94. The Morgan fingerprint density at radius 1 is 1.13 bits per heavy atom. The van der Waals surface area contributed by atoms with E-state index in [-0.39, 0.29) is 11.3 Å². The predicted octanol–water partition coefficient (Wildman–Crippen LogP) is 4.03. The SMILES string of the molecule is CCN(CC)C(=O)c1ccnc(C23CC4CC(CC(C4)C2)C3)c1. The Kier molecular flexibility index (Phi) is 3.70. The van der Waals surface area contributed by atoms with E-state index in [0.717, 1.165) is 36.4 Å². The van der Waals surface area contributed by atoms with Gasteiger partial charge < -0.3 is 4.90 Å². The van der Waals surface area contributed by atoms with E-state index in [1.807, 2.05) is 31.0 Å². The van der Waals surface area contributed by atoms with E-state index in [4.69, 9.17) is 4.98 Å². The summed E-state index contributed by atoms with van der Waals surface area (Å²) in [4.78, 5) is 19.3. The predicted molar refractivity (Wildman–Crippen MR) is 91.3 cm³/mol. The maximum absolute atomic E-state index is 12.7. The van der Waals surface area contributed by atoms with Gasteiger partial charge in [0.05, 0.1) is 0 Å². The summed E-state index contributed by atoms with van der Waals surface area (Å²) < 4.78 is 0. The van der Waals surface area contributed by atoms with Gasteiger partial charge in [0, 0.05) is 36.0 Å². The van der Waals surface area contributed by atoms with Crippen molar-refractivity contribution in [1.29, 1.82) is 0 Å². The van der Waals surface area contributed by atoms with Gasteiger partial charge in [-0.25, -0.2) is 0 Å². The summed E-state index contributed by atoms with van der Waals surface area (Å²) in [5.41, 5.74) is 2.30. The molecular formula is C20H28N2O. The Morgan fingerprint density at radius 3 is 2.22 bits per heavy atom. The average molecular weight is 312 g/mol. The number of amides is 1. The summed E-state index contributed by atoms with van der Waals surface area (Å²) in [6.07, 6.45) is 10.1. The highest BCUT2D eigenvalue weighted by Gasteiger charge is 2.52. The Labute approximate surface area is 139 Å². The van der Waals surface area contributed by atoms with Gasteiger partial charge in [-0.05, 0) is 82.3 Å². The molecule has 1 amide bonds. The summed E-state index contributed by atoms with van der Waals surface area (Å²) in [6.45, 7) is 5.62. The second kappa shape index (κ2) is 5.61. The topological polar surface area (TPSA) is 33.2 Å². The van der Waals surface area contributed by atoms with Gasteiger partial charge in [0.1, 0.15) is 0 Å². The van der Waals surface area contributed by atoms with Crippen LogP contribution in [0.5, 0.6) is 0 Å². The Balaban J connectivity index is 1.65. The number of carbonyl (C=O) groups is 1. The van der Waals surface area contributed by atoms with Crippen molar-refractivity contribution in [2.75, 3.05) is 13.1 Å². The molecule has 4 bridgehead atoms. The quantitative estimate of drug-likeness (QED) is 0.841. The van der Waals surface area contributed by atoms with Crippen molar-refractivity contribution in [3.05, 3.63) is 29.6 Å². The highest BCUT2D eigenvalue weighted by atomic mass is 16.2. The molecule has 124 valence electrons. The Hall–Kier alpha value is -1.38. The first-order valence-corrected chi connectivity index (χ1v) is 9.39. The third kappa shape index (κ3) is 2.49. The molecule has 23 heavy (non-hydrogen) atoms. The molecule has 0 spiro atoms. The van der Waals surface area contributed by atoms with Crippen molar-refractivity contribution in [2.24, 2.45) is 17.8 Å². The van der Waals surface area contributed by atoms with Crippen LogP contribution in [0.1, 0.15) is 68.4 Å². The number of rotatable bonds is 4. The summed E-state index contributed by atoms with van der Waals surface area (Å²) >= 11 is 0. The molecule has 3 heteroatoms. The molecule has 0 unspecified atom stereocenters. The lowest BCUT2D eigenvalue weighted by Gasteiger charge is -2.56. The van der Waals surface area contributed by atoms with Crippen LogP contribution in [0.4, 0.5) is 0 Å². The number of hydrogen-bond donors (Lipinski definition) is 0. The van der Waals surface area contributed by atoms with E-state index in [9.17, 15) is 4.79 Å². The number of carbonyl (C=O) groups excluding carboxylic acids is 1. The second-order valence-electron chi connectivity index (χ2n) is 8.11. The van der Waals surface area contributed by atoms with Crippen LogP contribution in [0.25, 0.3) is 0 Å². The molecule has 4 fully saturated rings. The van der Waals surface area contributed by atoms with Crippen molar-refractivity contribution in [2.45, 2.75) is 57.8 Å². The van der Waals surface area contributed by atoms with Gasteiger partial charge in [-0.2, -0.15) is 0 Å². The molecule has 1 aromatic rings. The summed E-state index contributed by atoms with van der Waals surface area (Å²) in [7, 11) is 0. The van der Waals surface area contributed by atoms with Crippen LogP contribution in [0.15, 0.2) is 18.3 Å². The molecule has 4 aliphatic carbocycles. The van der Waals surface area contributed by atoms with Gasteiger partial charge in [0.25, 0.3) is 5.91 Å². The van der Waals surface area contributed by atoms with Gasteiger partial charge in [-0.3, -0.25) is 9.78 Å². The largest absolute Gasteiger partial charge is 0.339 e. The zero-order chi connectivity index (χ0) is 16.0. The van der Waals surface area contributed by atoms with E-state index in [1.165, 1.54) is 44.2 Å². The van der Waals surface area contributed by atoms with Crippen molar-refractivity contribution in [1.82, 2.24) is 9.88 Å². The molecule has 0 saturated heterocycles. The molecule has 4 saturated carbocycles. The first kappa shape index (κ1) is 15.2. The van der Waals surface area contributed by atoms with Crippen molar-refractivity contribution in [3.63, 3.8) is 0 Å². The van der Waals surface area contributed by atoms with Crippen LogP contribution in [0.2, 0.25) is 0 Å². The normalized spacial score (nSPS) is 34.6. The fourth-order valence-corrected chi connectivity index (χ4v) is 5.97. The van der Waals surface area contributed by atoms with Crippen molar-refractivity contribution >= 4 is 5.91 Å². The lowest BCUT2D eigenvalue weighted by Crippen LogP contribution is -2.49. The van der Waals surface area contributed by atoms with E-state index in [1.54, 1.807) is 0 Å². The van der Waals surface area contributed by atoms with Crippen LogP contribution in [0.3, 0.4) is 0 Å². The van der Waals surface area contributed by atoms with Gasteiger partial charge in [-0.1, -0.05) is 0 Å². The molecule has 0 atom stereocenters. The highest BCUT2D eigenvalue weighted by Crippen LogP contribution is 2.60. The molecule has 0 aromatic carbocycles. The van der Waals surface area contributed by atoms with Crippen LogP contribution >= 0.6 is 0 Å². The van der Waals surface area contributed by atoms with Gasteiger partial charge >= 0.3 is 0 Å². The maximum atomic E-state index is 12.7. The van der Waals surface area contributed by atoms with Crippen molar-refractivity contribution in [3.8, 4) is 0 Å². The van der Waals surface area contributed by atoms with Gasteiger partial charge in [0.2, 0.25) is 0 Å². The maximum Gasteiger partial charge on any atom is 0.253 e. The van der Waals surface area contributed by atoms with Crippen LogP contribution in [0, 0.1) is 17.8 Å². The van der Waals surface area contributed by atoms with Gasteiger partial charge in [-0.15, -0.1) is 0 Å². The van der Waals surface area contributed by atoms with E-state index >= 15 is 0 Å². The first-order valence-electron chi connectivity index (χ1n) is 9.39. The molecule has 0 aliphatic heterocycles. The monoisotopic (exact) mass is 312 g/mol. The molecule has 3 nitrogen and oxygen atoms in total. The average Bonchev–Trinajstić information content (AvgIpc) is 2.55. The van der Waals surface area contributed by atoms with E-state index < -0.39 is 0 Å². The smallest absolute Gasteiger partial charge is 0.253 e. The molecule has 4 aliphatic rings. The molecule has 1 heterocycles. The lowest BCUT2D eigenvalue weighted by molar-refractivity contribution is -0.00722. The standard InChI is InChI=1S/C20H28N2O/c1-3-22(4-2)19(23)17-5-6-21-18(10-17)20-11-14-7-15(12-20)9-16(8-14)13-20/h5-6,10,14-16H,3-4,7-9,11-13H2,1-2H3. The minimum Gasteiger partial charge on any atom is -0.339 e. The molecule has 1 aromatic heterocycles. The summed E-state index contributed by atoms with van der Waals surface area (Å²) in [6, 6.07) is 4.01. The van der Waals surface area contributed by atoms with Crippen LogP contribution in [-0.4, -0.2) is 28.9 Å². The fraction of sp³-hybridized carbons (Fsp3) is 0.700.